The van der Waals surface area contributed by atoms with Gasteiger partial charge in [0.1, 0.15) is 11.2 Å². The topological polar surface area (TPSA) is 104 Å². The van der Waals surface area contributed by atoms with Gasteiger partial charge < -0.3 is 23.9 Å². The van der Waals surface area contributed by atoms with Crippen molar-refractivity contribution < 1.29 is 28.2 Å². The van der Waals surface area contributed by atoms with Crippen LogP contribution in [0.25, 0.3) is 28.4 Å². The highest BCUT2D eigenvalue weighted by atomic mass is 16.6. The molecule has 0 atom stereocenters. The van der Waals surface area contributed by atoms with Gasteiger partial charge in [0.25, 0.3) is 0 Å². The molecule has 0 saturated carbocycles. The second kappa shape index (κ2) is 13.7. The van der Waals surface area contributed by atoms with Crippen molar-refractivity contribution in [2.45, 2.75) is 39.2 Å². The van der Waals surface area contributed by atoms with Gasteiger partial charge in [-0.2, -0.15) is 0 Å². The van der Waals surface area contributed by atoms with E-state index in [4.69, 9.17) is 18.6 Å². The Morgan fingerprint density at radius 1 is 0.976 bits per heavy atom. The number of benzene rings is 3. The Bertz CT molecular complexity index is 1620. The van der Waals surface area contributed by atoms with Gasteiger partial charge in [-0.05, 0) is 56.5 Å². The molecule has 4 aromatic rings. The zero-order chi connectivity index (χ0) is 30.1. The maximum absolute atomic E-state index is 14.0. The van der Waals surface area contributed by atoms with Crippen LogP contribution in [-0.4, -0.2) is 37.9 Å². The summed E-state index contributed by atoms with van der Waals surface area (Å²) in [5.74, 6) is -0.110. The molecule has 0 aliphatic heterocycles. The van der Waals surface area contributed by atoms with E-state index in [1.807, 2.05) is 66.7 Å². The molecule has 218 valence electrons. The number of alkyl carbamates (subject to hydrolysis) is 1. The van der Waals surface area contributed by atoms with Crippen LogP contribution in [0.5, 0.6) is 5.75 Å². The predicted octanol–water partition coefficient (Wildman–Crippen LogP) is 6.53. The highest BCUT2D eigenvalue weighted by Crippen LogP contribution is 2.33. The summed E-state index contributed by atoms with van der Waals surface area (Å²) >= 11 is 0. The normalized spacial score (nSPS) is 11.4. The van der Waals surface area contributed by atoms with Gasteiger partial charge >= 0.3 is 12.1 Å². The smallest absolute Gasteiger partial charge is 0.407 e. The lowest BCUT2D eigenvalue weighted by molar-refractivity contribution is -0.134. The van der Waals surface area contributed by atoms with Gasteiger partial charge in [0.05, 0.1) is 19.1 Å². The number of nitrogens with one attached hydrogen (secondary N) is 1. The van der Waals surface area contributed by atoms with Crippen LogP contribution in [-0.2, 0) is 20.7 Å². The lowest BCUT2D eigenvalue weighted by atomic mass is 9.98. The Kier molecular flexibility index (Phi) is 9.81. The third-order valence-corrected chi connectivity index (χ3v) is 6.17. The van der Waals surface area contributed by atoms with Gasteiger partial charge in [-0.3, -0.25) is 4.79 Å². The van der Waals surface area contributed by atoms with Gasteiger partial charge in [0, 0.05) is 30.2 Å². The fraction of sp³-hybridized carbons (Fsp3) is 0.265. The van der Waals surface area contributed by atoms with Gasteiger partial charge in [0.15, 0.2) is 5.76 Å². The first-order chi connectivity index (χ1) is 20.1. The quantitative estimate of drug-likeness (QED) is 0.132. The van der Waals surface area contributed by atoms with Crippen LogP contribution in [0, 0.1) is 0 Å². The largest absolute Gasteiger partial charge is 0.486 e. The van der Waals surface area contributed by atoms with Crippen molar-refractivity contribution >= 4 is 29.1 Å². The van der Waals surface area contributed by atoms with Crippen LogP contribution < -0.4 is 15.5 Å². The molecule has 0 bridgehead atoms. The molecule has 1 aromatic heterocycles. The Balaban J connectivity index is 1.73. The second-order valence-corrected chi connectivity index (χ2v) is 10.7. The standard InChI is InChI=1S/C34H35NO7/c1-34(2,3)42-33(38)35-18-11-19-40-32-29(37)27-22-24(16-17-28(36)39-4)21-26(20-23-12-7-5-8-13-23)30(27)41-31(32)25-14-9-6-10-15-25/h5-10,12-17,21-22H,11,18-20H2,1-4H3,(H,35,38)/b17-16+. The number of esters is 1. The fourth-order valence-electron chi connectivity index (χ4n) is 4.31. The minimum atomic E-state index is -0.598. The number of rotatable bonds is 10. The molecular weight excluding hydrogens is 534 g/mol. The first kappa shape index (κ1) is 30.1. The SMILES string of the molecule is COC(=O)/C=C/c1cc(Cc2ccccc2)c2oc(-c3ccccc3)c(OCCCNC(=O)OC(C)(C)C)c(=O)c2c1. The third-order valence-electron chi connectivity index (χ3n) is 6.17. The van der Waals surface area contributed by atoms with Crippen molar-refractivity contribution in [1.29, 1.82) is 0 Å². The molecule has 1 N–H and O–H groups in total. The van der Waals surface area contributed by atoms with E-state index in [0.717, 1.165) is 11.1 Å². The third kappa shape index (κ3) is 8.10. The van der Waals surface area contributed by atoms with Gasteiger partial charge in [-0.1, -0.05) is 60.7 Å². The van der Waals surface area contributed by atoms with Crippen molar-refractivity contribution in [3.05, 3.63) is 106 Å². The number of hydrogen-bond acceptors (Lipinski definition) is 7. The average Bonchev–Trinajstić information content (AvgIpc) is 2.97. The Morgan fingerprint density at radius 2 is 1.67 bits per heavy atom. The number of carbonyl (C=O) groups is 2. The zero-order valence-corrected chi connectivity index (χ0v) is 24.3. The molecule has 0 spiro atoms. The Morgan fingerprint density at radius 3 is 2.33 bits per heavy atom. The van der Waals surface area contributed by atoms with Crippen molar-refractivity contribution in [3.8, 4) is 17.1 Å². The summed E-state index contributed by atoms with van der Waals surface area (Å²) in [4.78, 5) is 37.8. The molecule has 0 aliphatic rings. The van der Waals surface area contributed by atoms with E-state index in [2.05, 4.69) is 5.32 Å². The first-order valence-corrected chi connectivity index (χ1v) is 13.7. The summed E-state index contributed by atoms with van der Waals surface area (Å²) in [7, 11) is 1.31. The van der Waals surface area contributed by atoms with Gasteiger partial charge in [-0.25, -0.2) is 9.59 Å². The van der Waals surface area contributed by atoms with E-state index in [1.54, 1.807) is 32.9 Å². The van der Waals surface area contributed by atoms with Crippen molar-refractivity contribution in [3.63, 3.8) is 0 Å². The van der Waals surface area contributed by atoms with Crippen LogP contribution in [0.1, 0.15) is 43.9 Å². The molecule has 42 heavy (non-hydrogen) atoms. The molecule has 1 amide bonds. The van der Waals surface area contributed by atoms with Crippen LogP contribution in [0.15, 0.2) is 88.1 Å². The number of carbonyl (C=O) groups excluding carboxylic acids is 2. The molecule has 1 heterocycles. The molecule has 0 aliphatic carbocycles. The maximum atomic E-state index is 14.0. The zero-order valence-electron chi connectivity index (χ0n) is 24.3. The van der Waals surface area contributed by atoms with Crippen LogP contribution in [0.3, 0.4) is 0 Å². The van der Waals surface area contributed by atoms with E-state index >= 15 is 0 Å². The van der Waals surface area contributed by atoms with Crippen LogP contribution in [0.2, 0.25) is 0 Å². The number of hydrogen-bond donors (Lipinski definition) is 1. The van der Waals surface area contributed by atoms with Crippen molar-refractivity contribution in [2.24, 2.45) is 0 Å². The van der Waals surface area contributed by atoms with Gasteiger partial charge in [0.2, 0.25) is 11.2 Å². The summed E-state index contributed by atoms with van der Waals surface area (Å²) in [5, 5.41) is 3.02. The van der Waals surface area contributed by atoms with Crippen LogP contribution in [0.4, 0.5) is 4.79 Å². The van der Waals surface area contributed by atoms with Crippen molar-refractivity contribution in [2.75, 3.05) is 20.3 Å². The molecule has 0 saturated heterocycles. The molecule has 4 rings (SSSR count). The number of amides is 1. The molecule has 0 fully saturated rings. The van der Waals surface area contributed by atoms with Crippen LogP contribution >= 0.6 is 0 Å². The predicted molar refractivity (Wildman–Crippen MR) is 163 cm³/mol. The second-order valence-electron chi connectivity index (χ2n) is 10.7. The summed E-state index contributed by atoms with van der Waals surface area (Å²) in [6.07, 6.45) is 3.34. The lowest BCUT2D eigenvalue weighted by Gasteiger charge is -2.19. The summed E-state index contributed by atoms with van der Waals surface area (Å²) in [6, 6.07) is 22.7. The van der Waals surface area contributed by atoms with Gasteiger partial charge in [-0.15, -0.1) is 0 Å². The molecule has 0 unspecified atom stereocenters. The summed E-state index contributed by atoms with van der Waals surface area (Å²) in [5.41, 5.74) is 2.67. The Hall–Kier alpha value is -4.85. The average molecular weight is 570 g/mol. The van der Waals surface area contributed by atoms with Crippen molar-refractivity contribution in [1.82, 2.24) is 5.32 Å². The summed E-state index contributed by atoms with van der Waals surface area (Å²) in [6.45, 7) is 5.84. The molecule has 8 nitrogen and oxygen atoms in total. The van der Waals surface area contributed by atoms with E-state index < -0.39 is 17.7 Å². The highest BCUT2D eigenvalue weighted by Gasteiger charge is 2.21. The number of methoxy groups -OCH3 is 1. The molecule has 8 heteroatoms. The minimum Gasteiger partial charge on any atom is -0.486 e. The highest BCUT2D eigenvalue weighted by molar-refractivity contribution is 5.90. The number of fused-ring (bicyclic) bond motifs is 1. The number of ether oxygens (including phenoxy) is 3. The molecule has 3 aromatic carbocycles. The molecular formula is C34H35NO7. The van der Waals surface area contributed by atoms with E-state index in [1.165, 1.54) is 13.2 Å². The monoisotopic (exact) mass is 569 g/mol. The lowest BCUT2D eigenvalue weighted by Crippen LogP contribution is -2.33. The Labute approximate surface area is 244 Å². The first-order valence-electron chi connectivity index (χ1n) is 13.7. The van der Waals surface area contributed by atoms with E-state index in [9.17, 15) is 14.4 Å². The summed E-state index contributed by atoms with van der Waals surface area (Å²) < 4.78 is 22.5. The maximum Gasteiger partial charge on any atom is 0.407 e. The molecule has 0 radical (unpaired) electrons. The van der Waals surface area contributed by atoms with E-state index in [0.29, 0.717) is 47.2 Å². The van der Waals surface area contributed by atoms with E-state index in [-0.39, 0.29) is 17.8 Å². The minimum absolute atomic E-state index is 0.0747. The fourth-order valence-corrected chi connectivity index (χ4v) is 4.31.